The van der Waals surface area contributed by atoms with Crippen LogP contribution in [0.15, 0.2) is 167 Å². The second kappa shape index (κ2) is 12.1. The number of para-hydroxylation sites is 2. The van der Waals surface area contributed by atoms with Gasteiger partial charge in [0.2, 0.25) is 0 Å². The largest absolute Gasteiger partial charge is 0.456 e. The highest BCUT2D eigenvalue weighted by atomic mass is 16.3. The molecular formula is C51H31N3O2. The van der Waals surface area contributed by atoms with Gasteiger partial charge >= 0.3 is 0 Å². The lowest BCUT2D eigenvalue weighted by Crippen LogP contribution is -2.07. The van der Waals surface area contributed by atoms with Gasteiger partial charge in [-0.3, -0.25) is 0 Å². The lowest BCUT2D eigenvalue weighted by atomic mass is 9.88. The summed E-state index contributed by atoms with van der Waals surface area (Å²) in [6.07, 6.45) is 4.01. The van der Waals surface area contributed by atoms with E-state index < -0.39 is 0 Å². The first-order chi connectivity index (χ1) is 27.7. The first-order valence-electron chi connectivity index (χ1n) is 19.1. The van der Waals surface area contributed by atoms with E-state index in [-0.39, 0.29) is 0 Å². The maximum absolute atomic E-state index is 6.36. The van der Waals surface area contributed by atoms with Gasteiger partial charge in [0.1, 0.15) is 22.3 Å². The lowest BCUT2D eigenvalue weighted by Gasteiger charge is -2.19. The Hall–Kier alpha value is -7.37. The summed E-state index contributed by atoms with van der Waals surface area (Å²) in [5.41, 5.74) is 11.2. The molecule has 5 heteroatoms. The molecule has 0 saturated heterocycles. The van der Waals surface area contributed by atoms with Crippen LogP contribution < -0.4 is 0 Å². The van der Waals surface area contributed by atoms with Crippen molar-refractivity contribution in [2.45, 2.75) is 12.8 Å². The molecule has 11 aromatic rings. The Bertz CT molecular complexity index is 3440. The summed E-state index contributed by atoms with van der Waals surface area (Å²) in [6, 6.07) is 54.9. The molecule has 0 N–H and O–H groups in total. The van der Waals surface area contributed by atoms with Gasteiger partial charge in [0.15, 0.2) is 17.5 Å². The van der Waals surface area contributed by atoms with E-state index in [1.165, 1.54) is 21.9 Å². The van der Waals surface area contributed by atoms with E-state index in [1.54, 1.807) is 0 Å². The van der Waals surface area contributed by atoms with Gasteiger partial charge in [-0.2, -0.15) is 0 Å². The van der Waals surface area contributed by atoms with Crippen LogP contribution in [-0.4, -0.2) is 15.0 Å². The highest BCUT2D eigenvalue weighted by Gasteiger charge is 2.22. The topological polar surface area (TPSA) is 65.0 Å². The fourth-order valence-electron chi connectivity index (χ4n) is 8.85. The Morgan fingerprint density at radius 2 is 1.02 bits per heavy atom. The van der Waals surface area contributed by atoms with E-state index in [1.807, 2.05) is 30.3 Å². The third-order valence-electron chi connectivity index (χ3n) is 11.4. The summed E-state index contributed by atoms with van der Waals surface area (Å²) in [6.45, 7) is 0. The average molecular weight is 718 g/mol. The number of nitrogens with zero attached hydrogens (tertiary/aromatic N) is 3. The summed E-state index contributed by atoms with van der Waals surface area (Å²) >= 11 is 0. The zero-order valence-corrected chi connectivity index (χ0v) is 30.2. The number of aryl methyl sites for hydroxylation is 1. The molecule has 0 spiro atoms. The first kappa shape index (κ1) is 31.0. The molecule has 3 aromatic heterocycles. The van der Waals surface area contributed by atoms with Crippen LogP contribution in [0.3, 0.4) is 0 Å². The number of rotatable bonds is 4. The van der Waals surface area contributed by atoms with Crippen molar-refractivity contribution in [3.8, 4) is 33.9 Å². The molecule has 3 heterocycles. The van der Waals surface area contributed by atoms with E-state index in [0.717, 1.165) is 95.3 Å². The molecule has 0 bridgehead atoms. The quantitative estimate of drug-likeness (QED) is 0.181. The maximum atomic E-state index is 6.36. The van der Waals surface area contributed by atoms with Gasteiger partial charge < -0.3 is 8.83 Å². The van der Waals surface area contributed by atoms with E-state index in [2.05, 4.69) is 133 Å². The molecule has 1 aliphatic carbocycles. The number of hydrogen-bond donors (Lipinski definition) is 0. The zero-order valence-electron chi connectivity index (χ0n) is 30.2. The van der Waals surface area contributed by atoms with Crippen molar-refractivity contribution in [3.63, 3.8) is 0 Å². The molecule has 0 amide bonds. The number of fused-ring (bicyclic) bond motifs is 11. The van der Waals surface area contributed by atoms with Crippen molar-refractivity contribution in [1.82, 2.24) is 15.0 Å². The van der Waals surface area contributed by atoms with Gasteiger partial charge in [-0.1, -0.05) is 127 Å². The number of hydrogen-bond acceptors (Lipinski definition) is 5. The Labute approximate surface area is 321 Å². The molecule has 0 saturated carbocycles. The summed E-state index contributed by atoms with van der Waals surface area (Å²) in [5.74, 6) is 1.95. The Morgan fingerprint density at radius 1 is 0.393 bits per heavy atom. The fraction of sp³-hybridized carbons (Fsp3) is 0.0392. The van der Waals surface area contributed by atoms with Crippen molar-refractivity contribution in [1.29, 1.82) is 0 Å². The highest BCUT2D eigenvalue weighted by Crippen LogP contribution is 2.41. The average Bonchev–Trinajstić information content (AvgIpc) is 3.85. The molecule has 56 heavy (non-hydrogen) atoms. The van der Waals surface area contributed by atoms with E-state index in [4.69, 9.17) is 23.8 Å². The second-order valence-corrected chi connectivity index (χ2v) is 14.6. The molecule has 8 aromatic carbocycles. The lowest BCUT2D eigenvalue weighted by molar-refractivity contribution is 0.668. The molecular weight excluding hydrogens is 687 g/mol. The molecule has 0 radical (unpaired) electrons. The van der Waals surface area contributed by atoms with E-state index >= 15 is 0 Å². The highest BCUT2D eigenvalue weighted by molar-refractivity contribution is 6.22. The van der Waals surface area contributed by atoms with Crippen molar-refractivity contribution in [3.05, 3.63) is 175 Å². The minimum absolute atomic E-state index is 0.627. The zero-order chi connectivity index (χ0) is 36.7. The van der Waals surface area contributed by atoms with Gasteiger partial charge in [-0.15, -0.1) is 0 Å². The van der Waals surface area contributed by atoms with Crippen LogP contribution >= 0.6 is 0 Å². The Kier molecular flexibility index (Phi) is 6.69. The second-order valence-electron chi connectivity index (χ2n) is 14.6. The predicted molar refractivity (Wildman–Crippen MR) is 228 cm³/mol. The molecule has 1 aliphatic rings. The van der Waals surface area contributed by atoms with Crippen LogP contribution in [0.1, 0.15) is 23.4 Å². The predicted octanol–water partition coefficient (Wildman–Crippen LogP) is 13.5. The van der Waals surface area contributed by atoms with Crippen molar-refractivity contribution < 1.29 is 8.83 Å². The van der Waals surface area contributed by atoms with Gasteiger partial charge in [0.25, 0.3) is 0 Å². The molecule has 262 valence electrons. The van der Waals surface area contributed by atoms with E-state index in [0.29, 0.717) is 17.5 Å². The normalized spacial score (nSPS) is 13.0. The third kappa shape index (κ3) is 4.77. The van der Waals surface area contributed by atoms with Crippen LogP contribution in [-0.2, 0) is 6.42 Å². The molecule has 0 aliphatic heterocycles. The maximum Gasteiger partial charge on any atom is 0.164 e. The molecule has 5 nitrogen and oxygen atoms in total. The fourth-order valence-corrected chi connectivity index (χ4v) is 8.85. The summed E-state index contributed by atoms with van der Waals surface area (Å²) in [4.78, 5) is 15.9. The van der Waals surface area contributed by atoms with Gasteiger partial charge in [-0.05, 0) is 93.2 Å². The molecule has 0 unspecified atom stereocenters. The van der Waals surface area contributed by atoms with Gasteiger partial charge in [-0.25, -0.2) is 15.0 Å². The number of allylic oxidation sites excluding steroid dienone is 1. The van der Waals surface area contributed by atoms with Gasteiger partial charge in [0, 0.05) is 38.1 Å². The Morgan fingerprint density at radius 3 is 1.89 bits per heavy atom. The van der Waals surface area contributed by atoms with Gasteiger partial charge in [0.05, 0.1) is 0 Å². The van der Waals surface area contributed by atoms with E-state index in [9.17, 15) is 0 Å². The van der Waals surface area contributed by atoms with Crippen LogP contribution in [0, 0.1) is 0 Å². The van der Waals surface area contributed by atoms with Crippen molar-refractivity contribution in [2.24, 2.45) is 0 Å². The molecule has 0 atom stereocenters. The summed E-state index contributed by atoms with van der Waals surface area (Å²) in [5, 5.41) is 9.08. The standard InChI is InChI=1S/C51H31N3O2/c1-2-14-36-30(10-1)22-23-33-29-35(24-26-37(33)36)50-52-49(34-13-7-12-32(28-34)38-17-9-21-44-47(38)39-15-3-5-19-42(39)55-44)53-51(54-50)41-18-8-11-31-25-27-45-48(46(31)41)40-16-4-6-20-43(40)56-45/h1-23,25,27-29H,24,26H2. The first-order valence-corrected chi connectivity index (χ1v) is 19.1. The SMILES string of the molecule is C1=C(c2nc(-c3cccc(-c4cccc5oc6ccccc6c45)c3)nc(-c3cccc4ccc5oc6ccccc6c5c34)n2)CCc2c1ccc1ccccc21. The summed E-state index contributed by atoms with van der Waals surface area (Å²) in [7, 11) is 0. The molecule has 12 rings (SSSR count). The number of aromatic nitrogens is 3. The van der Waals surface area contributed by atoms with Crippen LogP contribution in [0.2, 0.25) is 0 Å². The van der Waals surface area contributed by atoms with Crippen LogP contribution in [0.4, 0.5) is 0 Å². The van der Waals surface area contributed by atoms with Crippen LogP contribution in [0.25, 0.3) is 111 Å². The number of benzene rings is 8. The minimum atomic E-state index is 0.627. The smallest absolute Gasteiger partial charge is 0.164 e. The van der Waals surface area contributed by atoms with Crippen molar-refractivity contribution in [2.75, 3.05) is 0 Å². The van der Waals surface area contributed by atoms with Crippen LogP contribution in [0.5, 0.6) is 0 Å². The third-order valence-corrected chi connectivity index (χ3v) is 11.4. The number of furan rings is 2. The van der Waals surface area contributed by atoms with Crippen molar-refractivity contribution >= 4 is 77.1 Å². The molecule has 0 fully saturated rings. The monoisotopic (exact) mass is 717 g/mol. The Balaban J connectivity index is 1.09. The minimum Gasteiger partial charge on any atom is -0.456 e. The summed E-state index contributed by atoms with van der Waals surface area (Å²) < 4.78 is 12.6.